The minimum absolute atomic E-state index is 0.0383. The van der Waals surface area contributed by atoms with Crippen LogP contribution in [0, 0.1) is 17.1 Å². The van der Waals surface area contributed by atoms with Crippen LogP contribution in [0.4, 0.5) is 34.6 Å². The molecule has 2 aliphatic heterocycles. The van der Waals surface area contributed by atoms with Gasteiger partial charge in [0.2, 0.25) is 5.56 Å². The van der Waals surface area contributed by atoms with E-state index >= 15 is 0 Å². The number of fused-ring (bicyclic) bond motifs is 8. The Morgan fingerprint density at radius 3 is 2.53 bits per heavy atom. The number of halogens is 4. The number of ether oxygens (including phenoxy) is 1. The van der Waals surface area contributed by atoms with Gasteiger partial charge in [-0.2, -0.15) is 5.26 Å². The van der Waals surface area contributed by atoms with Gasteiger partial charge in [-0.25, -0.2) is 4.39 Å². The Hall–Kier alpha value is -4.37. The molecule has 0 aliphatic carbocycles. The fourth-order valence-electron chi connectivity index (χ4n) is 4.41. The number of H-pyrrole nitrogens is 1. The van der Waals surface area contributed by atoms with Crippen LogP contribution in [-0.4, -0.2) is 30.5 Å². The number of nitriles is 1. The molecule has 0 spiro atoms. The average molecular weight is 499 g/mol. The Morgan fingerprint density at radius 1 is 1.00 bits per heavy atom. The van der Waals surface area contributed by atoms with Crippen LogP contribution in [0.5, 0.6) is 5.75 Å². The molecule has 1 amide bonds. The highest BCUT2D eigenvalue weighted by Gasteiger charge is 2.35. The van der Waals surface area contributed by atoms with Gasteiger partial charge >= 0.3 is 6.36 Å². The van der Waals surface area contributed by atoms with Crippen molar-refractivity contribution in [2.75, 3.05) is 23.0 Å². The Bertz CT molecular complexity index is 1480. The third-order valence-corrected chi connectivity index (χ3v) is 5.96. The molecule has 3 aromatic rings. The van der Waals surface area contributed by atoms with Crippen molar-refractivity contribution < 1.29 is 27.1 Å². The van der Waals surface area contributed by atoms with Crippen LogP contribution >= 0.6 is 0 Å². The first-order chi connectivity index (χ1) is 17.1. The van der Waals surface area contributed by atoms with Crippen molar-refractivity contribution in [2.45, 2.75) is 19.3 Å². The summed E-state index contributed by atoms with van der Waals surface area (Å²) in [5, 5.41) is 12.5. The first-order valence-electron chi connectivity index (χ1n) is 10.8. The number of hydrogen-bond donors (Lipinski definition) is 2. The first kappa shape index (κ1) is 23.4. The lowest BCUT2D eigenvalue weighted by atomic mass is 10.0. The van der Waals surface area contributed by atoms with E-state index in [0.717, 1.165) is 12.1 Å². The van der Waals surface area contributed by atoms with Gasteiger partial charge in [-0.05, 0) is 42.0 Å². The number of aromatic nitrogens is 1. The van der Waals surface area contributed by atoms with Gasteiger partial charge in [-0.15, -0.1) is 13.2 Å². The molecule has 0 unspecified atom stereocenters. The molecule has 12 heteroatoms. The first-order valence-corrected chi connectivity index (χ1v) is 10.8. The molecule has 1 aromatic heterocycles. The van der Waals surface area contributed by atoms with Gasteiger partial charge in [0, 0.05) is 37.0 Å². The number of carbonyl (C=O) groups excluding carboxylic acids is 1. The minimum atomic E-state index is -4.89. The summed E-state index contributed by atoms with van der Waals surface area (Å²) in [6.45, 7) is 0.357. The molecule has 184 valence electrons. The van der Waals surface area contributed by atoms with Crippen LogP contribution in [0.3, 0.4) is 0 Å². The maximum absolute atomic E-state index is 14.6. The summed E-state index contributed by atoms with van der Waals surface area (Å²) < 4.78 is 57.2. The zero-order valence-corrected chi connectivity index (χ0v) is 18.4. The van der Waals surface area contributed by atoms with Gasteiger partial charge < -0.3 is 19.9 Å². The SMILES string of the molecule is N#Cc1cc2c(cc1F)C(=O)N1CN2c2ccc(OC(F)(F)F)cc2CNCCc2[nH]c(=O)ccc21. The Balaban J connectivity index is 1.73. The summed E-state index contributed by atoms with van der Waals surface area (Å²) in [7, 11) is 0. The molecule has 2 aliphatic rings. The van der Waals surface area contributed by atoms with E-state index in [2.05, 4.69) is 15.0 Å². The molecular weight excluding hydrogens is 482 g/mol. The number of nitrogens with zero attached hydrogens (tertiary/aromatic N) is 3. The Labute approximate surface area is 201 Å². The fraction of sp³-hybridized carbons (Fsp3) is 0.208. The predicted octanol–water partition coefficient (Wildman–Crippen LogP) is 3.69. The molecular formula is C24H17F4N5O3. The largest absolute Gasteiger partial charge is 0.573 e. The zero-order chi connectivity index (χ0) is 25.6. The average Bonchev–Trinajstić information content (AvgIpc) is 2.84. The number of rotatable bonds is 1. The Kier molecular flexibility index (Phi) is 5.64. The van der Waals surface area contributed by atoms with Crippen LogP contribution in [0.1, 0.15) is 27.2 Å². The third-order valence-electron chi connectivity index (χ3n) is 5.96. The third kappa shape index (κ3) is 4.25. The van der Waals surface area contributed by atoms with E-state index in [1.54, 1.807) is 11.0 Å². The van der Waals surface area contributed by atoms with Gasteiger partial charge in [0.15, 0.2) is 0 Å². The lowest BCUT2D eigenvalue weighted by Gasteiger charge is -2.39. The number of hydrogen-bond acceptors (Lipinski definition) is 6. The van der Waals surface area contributed by atoms with E-state index in [4.69, 9.17) is 0 Å². The van der Waals surface area contributed by atoms with Crippen molar-refractivity contribution in [2.24, 2.45) is 0 Å². The van der Waals surface area contributed by atoms with Crippen molar-refractivity contribution >= 4 is 23.0 Å². The van der Waals surface area contributed by atoms with Crippen LogP contribution in [0.15, 0.2) is 47.3 Å². The summed E-state index contributed by atoms with van der Waals surface area (Å²) in [6.07, 6.45) is -4.58. The van der Waals surface area contributed by atoms with Crippen LogP contribution in [-0.2, 0) is 13.0 Å². The number of aromatic amines is 1. The van der Waals surface area contributed by atoms with Gasteiger partial charge in [-0.1, -0.05) is 0 Å². The zero-order valence-electron chi connectivity index (χ0n) is 18.4. The van der Waals surface area contributed by atoms with Gasteiger partial charge in [-0.3, -0.25) is 14.5 Å². The van der Waals surface area contributed by atoms with E-state index in [0.29, 0.717) is 35.6 Å². The van der Waals surface area contributed by atoms with Gasteiger partial charge in [0.25, 0.3) is 5.91 Å². The maximum Gasteiger partial charge on any atom is 0.573 e. The van der Waals surface area contributed by atoms with E-state index in [-0.39, 0.29) is 35.6 Å². The molecule has 0 atom stereocenters. The number of pyridine rings is 1. The molecule has 3 heterocycles. The number of nitrogens with one attached hydrogen (secondary N) is 2. The second-order valence-corrected chi connectivity index (χ2v) is 8.22. The molecule has 2 bridgehead atoms. The minimum Gasteiger partial charge on any atom is -0.406 e. The van der Waals surface area contributed by atoms with Crippen LogP contribution in [0.25, 0.3) is 0 Å². The Morgan fingerprint density at radius 2 is 1.78 bits per heavy atom. The van der Waals surface area contributed by atoms with E-state index < -0.39 is 23.8 Å². The summed E-state index contributed by atoms with van der Waals surface area (Å²) in [5.41, 5.74) is 1.25. The molecule has 5 rings (SSSR count). The highest BCUT2D eigenvalue weighted by Crippen LogP contribution is 2.40. The molecule has 2 N–H and O–H groups in total. The van der Waals surface area contributed by atoms with Gasteiger partial charge in [0.05, 0.1) is 22.5 Å². The number of benzene rings is 2. The lowest BCUT2D eigenvalue weighted by Crippen LogP contribution is -2.46. The fourth-order valence-corrected chi connectivity index (χ4v) is 4.41. The van der Waals surface area contributed by atoms with Crippen molar-refractivity contribution in [3.8, 4) is 11.8 Å². The number of alkyl halides is 3. The van der Waals surface area contributed by atoms with E-state index in [1.165, 1.54) is 35.2 Å². The van der Waals surface area contributed by atoms with Crippen molar-refractivity contribution in [3.63, 3.8) is 0 Å². The molecule has 0 radical (unpaired) electrons. The molecule has 0 saturated heterocycles. The van der Waals surface area contributed by atoms with Crippen molar-refractivity contribution in [1.29, 1.82) is 5.26 Å². The summed E-state index contributed by atoms with van der Waals surface area (Å²) in [6, 6.07) is 10.5. The highest BCUT2D eigenvalue weighted by atomic mass is 19.4. The van der Waals surface area contributed by atoms with Gasteiger partial charge in [0.1, 0.15) is 24.3 Å². The van der Waals surface area contributed by atoms with Crippen molar-refractivity contribution in [1.82, 2.24) is 10.3 Å². The standard InChI is InChI=1S/C24H17F4N5O3/c25-17-9-16-21(8-13(17)10-29)32-12-33(23(16)35)20-3-4-22(34)31-18(20)5-6-30-11-14-7-15(1-2-19(14)32)36-24(26,27)28/h1-4,7-9,30H,5-6,11-12H2,(H,31,34). The monoisotopic (exact) mass is 499 g/mol. The lowest BCUT2D eigenvalue weighted by molar-refractivity contribution is -0.274. The maximum atomic E-state index is 14.6. The number of amides is 1. The molecule has 0 saturated carbocycles. The topological polar surface area (TPSA) is 101 Å². The number of anilines is 3. The predicted molar refractivity (Wildman–Crippen MR) is 121 cm³/mol. The van der Waals surface area contributed by atoms with Crippen molar-refractivity contribution in [3.05, 3.63) is 81.0 Å². The normalized spacial score (nSPS) is 15.2. The second-order valence-electron chi connectivity index (χ2n) is 8.22. The van der Waals surface area contributed by atoms with E-state index in [9.17, 15) is 32.4 Å². The molecule has 8 nitrogen and oxygen atoms in total. The van der Waals surface area contributed by atoms with Crippen LogP contribution < -0.4 is 25.4 Å². The molecule has 2 aromatic carbocycles. The van der Waals surface area contributed by atoms with E-state index in [1.807, 2.05) is 0 Å². The summed E-state index contributed by atoms with van der Waals surface area (Å²) >= 11 is 0. The highest BCUT2D eigenvalue weighted by molar-refractivity contribution is 6.13. The quantitative estimate of drug-likeness (QED) is 0.496. The smallest absolute Gasteiger partial charge is 0.406 e. The summed E-state index contributed by atoms with van der Waals surface area (Å²) in [5.74, 6) is -1.86. The number of carbonyl (C=O) groups is 1. The van der Waals surface area contributed by atoms with Crippen LogP contribution in [0.2, 0.25) is 0 Å². The second kappa shape index (κ2) is 8.69. The molecule has 0 fully saturated rings. The summed E-state index contributed by atoms with van der Waals surface area (Å²) in [4.78, 5) is 31.2. The molecule has 36 heavy (non-hydrogen) atoms.